The molecule has 0 saturated heterocycles. The van der Waals surface area contributed by atoms with E-state index in [1.54, 1.807) is 12.4 Å². The van der Waals surface area contributed by atoms with Crippen molar-refractivity contribution in [2.24, 2.45) is 5.92 Å². The molecule has 1 aliphatic rings. The summed E-state index contributed by atoms with van der Waals surface area (Å²) >= 11 is 6.02. The van der Waals surface area contributed by atoms with E-state index in [1.807, 2.05) is 7.05 Å². The molecule has 0 aromatic carbocycles. The SMILES string of the molecule is CN(CC1CCCCC1)c1nccnc1Cl. The Bertz CT molecular complexity index is 337. The molecule has 0 N–H and O–H groups in total. The Morgan fingerprint density at radius 1 is 1.25 bits per heavy atom. The van der Waals surface area contributed by atoms with Crippen molar-refractivity contribution in [1.82, 2.24) is 9.97 Å². The Morgan fingerprint density at radius 2 is 1.94 bits per heavy atom. The molecule has 1 aromatic rings. The van der Waals surface area contributed by atoms with E-state index in [2.05, 4.69) is 14.9 Å². The second kappa shape index (κ2) is 5.48. The third-order valence-corrected chi connectivity index (χ3v) is 3.52. The van der Waals surface area contributed by atoms with Crippen LogP contribution in [0.25, 0.3) is 0 Å². The van der Waals surface area contributed by atoms with E-state index in [9.17, 15) is 0 Å². The first-order valence-corrected chi connectivity index (χ1v) is 6.33. The van der Waals surface area contributed by atoms with E-state index in [1.165, 1.54) is 32.1 Å². The third kappa shape index (κ3) is 2.85. The van der Waals surface area contributed by atoms with Gasteiger partial charge in [0.1, 0.15) is 0 Å². The van der Waals surface area contributed by atoms with Gasteiger partial charge in [0.25, 0.3) is 0 Å². The van der Waals surface area contributed by atoms with E-state index in [0.29, 0.717) is 5.15 Å². The highest BCUT2D eigenvalue weighted by atomic mass is 35.5. The number of hydrogen-bond donors (Lipinski definition) is 0. The van der Waals surface area contributed by atoms with E-state index < -0.39 is 0 Å². The van der Waals surface area contributed by atoms with Gasteiger partial charge in [-0.25, -0.2) is 9.97 Å². The average Bonchev–Trinajstić information content (AvgIpc) is 2.31. The Labute approximate surface area is 102 Å². The van der Waals surface area contributed by atoms with E-state index in [0.717, 1.165) is 18.3 Å². The molecule has 1 saturated carbocycles. The predicted octanol–water partition coefficient (Wildman–Crippen LogP) is 3.15. The molecule has 1 heterocycles. The van der Waals surface area contributed by atoms with Gasteiger partial charge in [-0.15, -0.1) is 0 Å². The Balaban J connectivity index is 1.96. The molecule has 1 aromatic heterocycles. The van der Waals surface area contributed by atoms with Crippen LogP contribution in [0.5, 0.6) is 0 Å². The molecule has 0 radical (unpaired) electrons. The quantitative estimate of drug-likeness (QED) is 0.812. The zero-order chi connectivity index (χ0) is 11.4. The van der Waals surface area contributed by atoms with Gasteiger partial charge in [-0.1, -0.05) is 30.9 Å². The lowest BCUT2D eigenvalue weighted by Gasteiger charge is -2.27. The average molecular weight is 240 g/mol. The van der Waals surface area contributed by atoms with Crippen LogP contribution < -0.4 is 4.90 Å². The van der Waals surface area contributed by atoms with Crippen molar-refractivity contribution < 1.29 is 0 Å². The molecule has 1 aliphatic carbocycles. The standard InChI is InChI=1S/C12H18ClN3/c1-16(9-10-5-3-2-4-6-10)12-11(13)14-7-8-15-12/h7-8,10H,2-6,9H2,1H3. The minimum Gasteiger partial charge on any atom is -0.357 e. The molecular weight excluding hydrogens is 222 g/mol. The lowest BCUT2D eigenvalue weighted by Crippen LogP contribution is -2.27. The largest absolute Gasteiger partial charge is 0.357 e. The summed E-state index contributed by atoms with van der Waals surface area (Å²) in [6.07, 6.45) is 10.1. The summed E-state index contributed by atoms with van der Waals surface area (Å²) in [7, 11) is 2.05. The zero-order valence-corrected chi connectivity index (χ0v) is 10.5. The maximum Gasteiger partial charge on any atom is 0.171 e. The van der Waals surface area contributed by atoms with Crippen molar-refractivity contribution in [3.05, 3.63) is 17.5 Å². The van der Waals surface area contributed by atoms with Crippen LogP contribution in [0.1, 0.15) is 32.1 Å². The third-order valence-electron chi connectivity index (χ3n) is 3.25. The Morgan fingerprint density at radius 3 is 2.62 bits per heavy atom. The first-order chi connectivity index (χ1) is 7.77. The van der Waals surface area contributed by atoms with Gasteiger partial charge in [-0.05, 0) is 18.8 Å². The van der Waals surface area contributed by atoms with Gasteiger partial charge < -0.3 is 4.90 Å². The smallest absolute Gasteiger partial charge is 0.171 e. The number of hydrogen-bond acceptors (Lipinski definition) is 3. The summed E-state index contributed by atoms with van der Waals surface area (Å²) in [5, 5.41) is 0.501. The molecule has 2 rings (SSSR count). The Hall–Kier alpha value is -0.830. The molecule has 88 valence electrons. The van der Waals surface area contributed by atoms with Crippen molar-refractivity contribution in [2.45, 2.75) is 32.1 Å². The second-order valence-electron chi connectivity index (χ2n) is 4.56. The Kier molecular flexibility index (Phi) is 3.99. The van der Waals surface area contributed by atoms with Gasteiger partial charge in [-0.2, -0.15) is 0 Å². The van der Waals surface area contributed by atoms with Crippen LogP contribution in [0.4, 0.5) is 5.82 Å². The molecule has 16 heavy (non-hydrogen) atoms. The fourth-order valence-electron chi connectivity index (χ4n) is 2.41. The lowest BCUT2D eigenvalue weighted by molar-refractivity contribution is 0.361. The molecule has 0 bridgehead atoms. The molecule has 3 nitrogen and oxygen atoms in total. The molecule has 0 amide bonds. The summed E-state index contributed by atoms with van der Waals surface area (Å²) < 4.78 is 0. The molecule has 0 aliphatic heterocycles. The van der Waals surface area contributed by atoms with Crippen molar-refractivity contribution in [3.63, 3.8) is 0 Å². The predicted molar refractivity (Wildman–Crippen MR) is 66.9 cm³/mol. The van der Waals surface area contributed by atoms with Crippen LogP contribution in [0.2, 0.25) is 5.15 Å². The van der Waals surface area contributed by atoms with Crippen LogP contribution in [-0.2, 0) is 0 Å². The molecule has 0 unspecified atom stereocenters. The van der Waals surface area contributed by atoms with Crippen molar-refractivity contribution in [1.29, 1.82) is 0 Å². The van der Waals surface area contributed by atoms with Crippen molar-refractivity contribution >= 4 is 17.4 Å². The summed E-state index contributed by atoms with van der Waals surface area (Å²) in [5.41, 5.74) is 0. The number of anilines is 1. The number of halogens is 1. The topological polar surface area (TPSA) is 29.0 Å². The van der Waals surface area contributed by atoms with Crippen molar-refractivity contribution in [3.8, 4) is 0 Å². The first-order valence-electron chi connectivity index (χ1n) is 5.95. The van der Waals surface area contributed by atoms with Gasteiger partial charge >= 0.3 is 0 Å². The number of aromatic nitrogens is 2. The highest BCUT2D eigenvalue weighted by Crippen LogP contribution is 2.26. The van der Waals surface area contributed by atoms with Crippen molar-refractivity contribution in [2.75, 3.05) is 18.5 Å². The lowest BCUT2D eigenvalue weighted by atomic mass is 9.89. The summed E-state index contributed by atoms with van der Waals surface area (Å²) in [6.45, 7) is 1.04. The van der Waals surface area contributed by atoms with E-state index in [4.69, 9.17) is 11.6 Å². The highest BCUT2D eigenvalue weighted by molar-refractivity contribution is 6.31. The van der Waals surface area contributed by atoms with Crippen LogP contribution >= 0.6 is 11.6 Å². The molecule has 4 heteroatoms. The number of rotatable bonds is 3. The van der Waals surface area contributed by atoms with Gasteiger partial charge in [0.15, 0.2) is 11.0 Å². The minimum atomic E-state index is 0.501. The maximum atomic E-state index is 6.02. The maximum absolute atomic E-state index is 6.02. The van der Waals surface area contributed by atoms with Crippen LogP contribution in [-0.4, -0.2) is 23.6 Å². The highest BCUT2D eigenvalue weighted by Gasteiger charge is 2.17. The summed E-state index contributed by atoms with van der Waals surface area (Å²) in [5.74, 6) is 1.59. The van der Waals surface area contributed by atoms with Gasteiger partial charge in [0.05, 0.1) is 0 Å². The minimum absolute atomic E-state index is 0.501. The molecular formula is C12H18ClN3. The summed E-state index contributed by atoms with van der Waals surface area (Å²) in [6, 6.07) is 0. The molecule has 0 atom stereocenters. The monoisotopic (exact) mass is 239 g/mol. The van der Waals surface area contributed by atoms with E-state index >= 15 is 0 Å². The molecule has 1 fully saturated rings. The first kappa shape index (κ1) is 11.6. The fraction of sp³-hybridized carbons (Fsp3) is 0.667. The fourth-order valence-corrected chi connectivity index (χ4v) is 2.66. The van der Waals surface area contributed by atoms with Crippen LogP contribution in [0, 0.1) is 5.92 Å². The molecule has 0 spiro atoms. The zero-order valence-electron chi connectivity index (χ0n) is 9.69. The number of nitrogens with zero attached hydrogens (tertiary/aromatic N) is 3. The summed E-state index contributed by atoms with van der Waals surface area (Å²) in [4.78, 5) is 10.5. The van der Waals surface area contributed by atoms with Gasteiger partial charge in [-0.3, -0.25) is 0 Å². The van der Waals surface area contributed by atoms with E-state index in [-0.39, 0.29) is 0 Å². The van der Waals surface area contributed by atoms with Crippen LogP contribution in [0.3, 0.4) is 0 Å². The second-order valence-corrected chi connectivity index (χ2v) is 4.91. The van der Waals surface area contributed by atoms with Gasteiger partial charge in [0, 0.05) is 26.0 Å². The van der Waals surface area contributed by atoms with Crippen LogP contribution in [0.15, 0.2) is 12.4 Å². The normalized spacial score (nSPS) is 17.4. The van der Waals surface area contributed by atoms with Gasteiger partial charge in [0.2, 0.25) is 0 Å².